The highest BCUT2D eigenvalue weighted by molar-refractivity contribution is 5.32. The van der Waals surface area contributed by atoms with Gasteiger partial charge >= 0.3 is 0 Å². The molecular weight excluding hydrogens is 224 g/mol. The van der Waals surface area contributed by atoms with Gasteiger partial charge in [0.1, 0.15) is 0 Å². The number of morpholine rings is 1. The lowest BCUT2D eigenvalue weighted by Crippen LogP contribution is -2.43. The Morgan fingerprint density at radius 3 is 2.61 bits per heavy atom. The molecule has 0 spiro atoms. The summed E-state index contributed by atoms with van der Waals surface area (Å²) in [6.07, 6.45) is 1.27. The molecule has 0 saturated carbocycles. The molecule has 1 fully saturated rings. The Hall–Kier alpha value is -1.37. The first kappa shape index (κ1) is 13.1. The van der Waals surface area contributed by atoms with Gasteiger partial charge in [-0.1, -0.05) is 26.0 Å². The normalized spacial score (nSPS) is 23.9. The first-order valence-corrected chi connectivity index (χ1v) is 6.54. The summed E-state index contributed by atoms with van der Waals surface area (Å²) < 4.78 is 5.91. The fourth-order valence-corrected chi connectivity index (χ4v) is 2.33. The molecule has 3 nitrogen and oxygen atoms in total. The molecule has 1 aliphatic rings. The van der Waals surface area contributed by atoms with E-state index in [0.29, 0.717) is 17.5 Å². The van der Waals surface area contributed by atoms with Crippen molar-refractivity contribution in [1.29, 1.82) is 5.26 Å². The molecule has 2 unspecified atom stereocenters. The van der Waals surface area contributed by atoms with Crippen molar-refractivity contribution in [2.75, 3.05) is 13.2 Å². The van der Waals surface area contributed by atoms with E-state index >= 15 is 0 Å². The molecule has 1 saturated heterocycles. The quantitative estimate of drug-likeness (QED) is 0.889. The maximum absolute atomic E-state index is 8.76. The average molecular weight is 244 g/mol. The van der Waals surface area contributed by atoms with Crippen LogP contribution in [0.4, 0.5) is 0 Å². The number of rotatable bonds is 3. The zero-order valence-corrected chi connectivity index (χ0v) is 11.0. The molecule has 1 heterocycles. The van der Waals surface area contributed by atoms with Gasteiger partial charge in [0.2, 0.25) is 0 Å². The maximum Gasteiger partial charge on any atom is 0.0991 e. The summed E-state index contributed by atoms with van der Waals surface area (Å²) in [6, 6.07) is 10.3. The van der Waals surface area contributed by atoms with Crippen LogP contribution >= 0.6 is 0 Å². The van der Waals surface area contributed by atoms with E-state index in [1.54, 1.807) is 0 Å². The van der Waals surface area contributed by atoms with Crippen molar-refractivity contribution in [3.63, 3.8) is 0 Å². The summed E-state index contributed by atoms with van der Waals surface area (Å²) in [4.78, 5) is 0. The van der Waals surface area contributed by atoms with Crippen LogP contribution < -0.4 is 5.32 Å². The third-order valence-electron chi connectivity index (χ3n) is 3.26. The Bertz CT molecular complexity index is 411. The van der Waals surface area contributed by atoms with Crippen molar-refractivity contribution in [1.82, 2.24) is 5.32 Å². The van der Waals surface area contributed by atoms with Gasteiger partial charge < -0.3 is 10.1 Å². The second-order valence-corrected chi connectivity index (χ2v) is 5.29. The summed E-state index contributed by atoms with van der Waals surface area (Å²) in [5.74, 6) is 0.692. The van der Waals surface area contributed by atoms with Crippen molar-refractivity contribution >= 4 is 0 Å². The zero-order valence-electron chi connectivity index (χ0n) is 11.0. The van der Waals surface area contributed by atoms with E-state index in [1.165, 1.54) is 0 Å². The van der Waals surface area contributed by atoms with E-state index < -0.39 is 0 Å². The van der Waals surface area contributed by atoms with Crippen LogP contribution in [0.5, 0.6) is 0 Å². The fraction of sp³-hybridized carbons (Fsp3) is 0.533. The van der Waals surface area contributed by atoms with E-state index in [2.05, 4.69) is 25.2 Å². The topological polar surface area (TPSA) is 45.0 Å². The molecule has 0 amide bonds. The number of ether oxygens (including phenoxy) is 1. The molecule has 0 aromatic heterocycles. The Labute approximate surface area is 109 Å². The van der Waals surface area contributed by atoms with E-state index in [4.69, 9.17) is 10.00 Å². The zero-order chi connectivity index (χ0) is 13.0. The predicted octanol–water partition coefficient (Wildman–Crippen LogP) is 2.63. The average Bonchev–Trinajstić information content (AvgIpc) is 2.39. The molecule has 1 aliphatic heterocycles. The molecule has 1 aromatic carbocycles. The highest BCUT2D eigenvalue weighted by Gasteiger charge is 2.22. The molecule has 2 atom stereocenters. The summed E-state index contributed by atoms with van der Waals surface area (Å²) in [6.45, 7) is 6.08. The minimum atomic E-state index is 0.112. The Morgan fingerprint density at radius 1 is 1.39 bits per heavy atom. The highest BCUT2D eigenvalue weighted by atomic mass is 16.5. The molecule has 2 rings (SSSR count). The van der Waals surface area contributed by atoms with Crippen LogP contribution in [0.1, 0.15) is 37.5 Å². The van der Waals surface area contributed by atoms with Crippen LogP contribution in [-0.2, 0) is 4.74 Å². The number of benzene rings is 1. The number of hydrogen-bond donors (Lipinski definition) is 1. The molecular formula is C15H20N2O. The van der Waals surface area contributed by atoms with Crippen molar-refractivity contribution in [3.8, 4) is 6.07 Å². The molecule has 0 aliphatic carbocycles. The third-order valence-corrected chi connectivity index (χ3v) is 3.26. The number of hydrogen-bond acceptors (Lipinski definition) is 3. The smallest absolute Gasteiger partial charge is 0.0991 e. The van der Waals surface area contributed by atoms with Gasteiger partial charge in [-0.05, 0) is 30.0 Å². The van der Waals surface area contributed by atoms with Crippen molar-refractivity contribution in [3.05, 3.63) is 35.4 Å². The second kappa shape index (κ2) is 5.99. The lowest BCUT2D eigenvalue weighted by molar-refractivity contribution is -0.00130. The van der Waals surface area contributed by atoms with Gasteiger partial charge in [-0.3, -0.25) is 0 Å². The summed E-state index contributed by atoms with van der Waals surface area (Å²) in [5, 5.41) is 12.3. The van der Waals surface area contributed by atoms with Crippen LogP contribution in [0.3, 0.4) is 0 Å². The third kappa shape index (κ3) is 3.32. The van der Waals surface area contributed by atoms with Gasteiger partial charge in [0.15, 0.2) is 0 Å². The largest absolute Gasteiger partial charge is 0.371 e. The highest BCUT2D eigenvalue weighted by Crippen LogP contribution is 2.22. The summed E-state index contributed by atoms with van der Waals surface area (Å²) >= 11 is 0. The van der Waals surface area contributed by atoms with Gasteiger partial charge in [-0.25, -0.2) is 0 Å². The van der Waals surface area contributed by atoms with Crippen molar-refractivity contribution < 1.29 is 4.74 Å². The maximum atomic E-state index is 8.76. The van der Waals surface area contributed by atoms with Crippen LogP contribution in [0.2, 0.25) is 0 Å². The standard InChI is InChI=1S/C15H20N2O/c1-11(2)7-14-10-18-15(9-17-14)13-5-3-12(8-16)4-6-13/h3-6,11,14-15,17H,7,9-10H2,1-2H3. The molecule has 18 heavy (non-hydrogen) atoms. The van der Waals surface area contributed by atoms with E-state index in [0.717, 1.165) is 25.1 Å². The molecule has 1 N–H and O–H groups in total. The van der Waals surface area contributed by atoms with Crippen molar-refractivity contribution in [2.24, 2.45) is 5.92 Å². The first-order valence-electron chi connectivity index (χ1n) is 6.54. The molecule has 1 aromatic rings. The second-order valence-electron chi connectivity index (χ2n) is 5.29. The fourth-order valence-electron chi connectivity index (χ4n) is 2.33. The molecule has 3 heteroatoms. The SMILES string of the molecule is CC(C)CC1COC(c2ccc(C#N)cc2)CN1. The van der Waals surface area contributed by atoms with Gasteiger partial charge in [-0.15, -0.1) is 0 Å². The Morgan fingerprint density at radius 2 is 2.11 bits per heavy atom. The number of nitriles is 1. The molecule has 0 radical (unpaired) electrons. The summed E-state index contributed by atoms with van der Waals surface area (Å²) in [5.41, 5.74) is 1.84. The van der Waals surface area contributed by atoms with Gasteiger partial charge in [-0.2, -0.15) is 5.26 Å². The number of nitrogens with zero attached hydrogens (tertiary/aromatic N) is 1. The first-order chi connectivity index (χ1) is 8.69. The van der Waals surface area contributed by atoms with Crippen LogP contribution in [-0.4, -0.2) is 19.2 Å². The monoisotopic (exact) mass is 244 g/mol. The summed E-state index contributed by atoms with van der Waals surface area (Å²) in [7, 11) is 0. The van der Waals surface area contributed by atoms with Gasteiger partial charge in [0.05, 0.1) is 24.3 Å². The van der Waals surface area contributed by atoms with E-state index in [1.807, 2.05) is 24.3 Å². The van der Waals surface area contributed by atoms with Crippen LogP contribution in [0.25, 0.3) is 0 Å². The van der Waals surface area contributed by atoms with Crippen molar-refractivity contribution in [2.45, 2.75) is 32.4 Å². The Balaban J connectivity index is 1.91. The minimum absolute atomic E-state index is 0.112. The molecule has 0 bridgehead atoms. The number of nitrogens with one attached hydrogen (secondary N) is 1. The van der Waals surface area contributed by atoms with E-state index in [9.17, 15) is 0 Å². The van der Waals surface area contributed by atoms with Crippen LogP contribution in [0.15, 0.2) is 24.3 Å². The minimum Gasteiger partial charge on any atom is -0.371 e. The van der Waals surface area contributed by atoms with Gasteiger partial charge in [0, 0.05) is 12.6 Å². The Kier molecular flexibility index (Phi) is 4.35. The van der Waals surface area contributed by atoms with E-state index in [-0.39, 0.29) is 6.10 Å². The van der Waals surface area contributed by atoms with Gasteiger partial charge in [0.25, 0.3) is 0 Å². The predicted molar refractivity (Wildman–Crippen MR) is 71.1 cm³/mol. The molecule has 96 valence electrons. The lowest BCUT2D eigenvalue weighted by Gasteiger charge is -2.31. The lowest BCUT2D eigenvalue weighted by atomic mass is 10.0. The van der Waals surface area contributed by atoms with Crippen LogP contribution in [0, 0.1) is 17.2 Å².